The minimum Gasteiger partial charge on any atom is -0.406 e. The average Bonchev–Trinajstić information content (AvgIpc) is 2.57. The molecule has 0 radical (unpaired) electrons. The lowest BCUT2D eigenvalue weighted by Gasteiger charge is -2.23. The van der Waals surface area contributed by atoms with Gasteiger partial charge in [-0.25, -0.2) is 0 Å². The number of hydrogen-bond donors (Lipinski definition) is 0. The van der Waals surface area contributed by atoms with Gasteiger partial charge < -0.3 is 9.64 Å². The molecule has 0 spiro atoms. The van der Waals surface area contributed by atoms with Crippen molar-refractivity contribution in [3.8, 4) is 11.8 Å². The van der Waals surface area contributed by atoms with Crippen molar-refractivity contribution < 1.29 is 22.7 Å². The molecule has 0 aromatic heterocycles. The number of ether oxygens (including phenoxy) is 1. The summed E-state index contributed by atoms with van der Waals surface area (Å²) in [5, 5.41) is 8.85. The lowest BCUT2D eigenvalue weighted by molar-refractivity contribution is -0.274. The van der Waals surface area contributed by atoms with E-state index >= 15 is 0 Å². The molecule has 0 aliphatic heterocycles. The van der Waals surface area contributed by atoms with Crippen molar-refractivity contribution in [1.29, 1.82) is 5.26 Å². The highest BCUT2D eigenvalue weighted by Crippen LogP contribution is 2.25. The highest BCUT2D eigenvalue weighted by molar-refractivity contribution is 6.06. The van der Waals surface area contributed by atoms with Crippen LogP contribution < -0.4 is 9.64 Å². The van der Waals surface area contributed by atoms with Crippen LogP contribution in [-0.4, -0.2) is 18.8 Å². The SMILES string of the molecule is Cc1ccc(N(CCC#N)C(=O)c2ccc(OC(F)(F)F)cc2)cc1C. The molecule has 7 heteroatoms. The Morgan fingerprint density at radius 3 is 2.31 bits per heavy atom. The van der Waals surface area contributed by atoms with Crippen LogP contribution in [0.3, 0.4) is 0 Å². The van der Waals surface area contributed by atoms with E-state index in [9.17, 15) is 18.0 Å². The van der Waals surface area contributed by atoms with Crippen molar-refractivity contribution in [3.63, 3.8) is 0 Å². The first-order chi connectivity index (χ1) is 12.2. The Balaban J connectivity index is 2.28. The van der Waals surface area contributed by atoms with E-state index < -0.39 is 18.0 Å². The molecule has 26 heavy (non-hydrogen) atoms. The second-order valence-corrected chi connectivity index (χ2v) is 5.71. The molecule has 0 unspecified atom stereocenters. The van der Waals surface area contributed by atoms with Gasteiger partial charge in [-0.15, -0.1) is 13.2 Å². The van der Waals surface area contributed by atoms with Crippen molar-refractivity contribution >= 4 is 11.6 Å². The van der Waals surface area contributed by atoms with Crippen LogP contribution in [0.1, 0.15) is 27.9 Å². The summed E-state index contributed by atoms with van der Waals surface area (Å²) in [4.78, 5) is 14.2. The normalized spacial score (nSPS) is 10.9. The van der Waals surface area contributed by atoms with Gasteiger partial charge >= 0.3 is 6.36 Å². The molecular formula is C19H17F3N2O2. The van der Waals surface area contributed by atoms with E-state index in [1.54, 1.807) is 6.07 Å². The minimum absolute atomic E-state index is 0.133. The first kappa shape index (κ1) is 19.3. The standard InChI is InChI=1S/C19H17F3N2O2/c1-13-4-7-16(12-14(13)2)24(11-3-10-23)18(25)15-5-8-17(9-6-15)26-19(20,21)22/h4-9,12H,3,11H2,1-2H3. The number of carbonyl (C=O) groups excluding carboxylic acids is 1. The lowest BCUT2D eigenvalue weighted by atomic mass is 10.1. The van der Waals surface area contributed by atoms with Gasteiger partial charge in [0.05, 0.1) is 12.5 Å². The van der Waals surface area contributed by atoms with E-state index in [0.717, 1.165) is 23.3 Å². The topological polar surface area (TPSA) is 53.3 Å². The maximum absolute atomic E-state index is 12.8. The quantitative estimate of drug-likeness (QED) is 0.770. The number of nitriles is 1. The fraction of sp³-hybridized carbons (Fsp3) is 0.263. The van der Waals surface area contributed by atoms with E-state index in [1.807, 2.05) is 32.0 Å². The van der Waals surface area contributed by atoms with E-state index in [0.29, 0.717) is 5.69 Å². The third kappa shape index (κ3) is 4.99. The molecule has 2 rings (SSSR count). The number of rotatable bonds is 5. The largest absolute Gasteiger partial charge is 0.573 e. The van der Waals surface area contributed by atoms with Crippen LogP contribution in [0.5, 0.6) is 5.75 Å². The van der Waals surface area contributed by atoms with Crippen LogP contribution in [0.4, 0.5) is 18.9 Å². The summed E-state index contributed by atoms with van der Waals surface area (Å²) in [6, 6.07) is 12.2. The Hall–Kier alpha value is -3.01. The molecule has 0 aliphatic carbocycles. The summed E-state index contributed by atoms with van der Waals surface area (Å²) < 4.78 is 40.5. The highest BCUT2D eigenvalue weighted by Gasteiger charge is 2.31. The fourth-order valence-electron chi connectivity index (χ4n) is 2.36. The molecule has 0 heterocycles. The van der Waals surface area contributed by atoms with E-state index in [-0.39, 0.29) is 18.5 Å². The molecule has 0 fully saturated rings. The minimum atomic E-state index is -4.79. The van der Waals surface area contributed by atoms with Crippen LogP contribution in [0, 0.1) is 25.2 Å². The van der Waals surface area contributed by atoms with E-state index in [4.69, 9.17) is 5.26 Å². The number of anilines is 1. The molecule has 0 saturated heterocycles. The molecule has 1 amide bonds. The van der Waals surface area contributed by atoms with E-state index in [1.165, 1.54) is 17.0 Å². The Bertz CT molecular complexity index is 824. The maximum Gasteiger partial charge on any atom is 0.573 e. The number of hydrogen-bond acceptors (Lipinski definition) is 3. The zero-order valence-electron chi connectivity index (χ0n) is 14.3. The van der Waals surface area contributed by atoms with Gasteiger partial charge in [0.15, 0.2) is 0 Å². The molecule has 2 aromatic carbocycles. The second-order valence-electron chi connectivity index (χ2n) is 5.71. The number of amides is 1. The van der Waals surface area contributed by atoms with Crippen molar-refractivity contribution in [2.75, 3.05) is 11.4 Å². The molecule has 0 N–H and O–H groups in total. The van der Waals surface area contributed by atoms with Gasteiger partial charge in [0.1, 0.15) is 5.75 Å². The molecule has 0 aliphatic rings. The van der Waals surface area contributed by atoms with Gasteiger partial charge in [-0.3, -0.25) is 4.79 Å². The van der Waals surface area contributed by atoms with Gasteiger partial charge in [0.25, 0.3) is 5.91 Å². The maximum atomic E-state index is 12.8. The fourth-order valence-corrected chi connectivity index (χ4v) is 2.36. The monoisotopic (exact) mass is 362 g/mol. The smallest absolute Gasteiger partial charge is 0.406 e. The Kier molecular flexibility index (Phi) is 5.88. The number of alkyl halides is 3. The van der Waals surface area contributed by atoms with Gasteiger partial charge in [-0.05, 0) is 61.4 Å². The molecule has 2 aromatic rings. The first-order valence-corrected chi connectivity index (χ1v) is 7.83. The molecule has 0 bridgehead atoms. The Morgan fingerprint density at radius 2 is 1.77 bits per heavy atom. The predicted molar refractivity (Wildman–Crippen MR) is 90.9 cm³/mol. The van der Waals surface area contributed by atoms with Crippen LogP contribution >= 0.6 is 0 Å². The van der Waals surface area contributed by atoms with Gasteiger partial charge in [-0.1, -0.05) is 6.07 Å². The zero-order chi connectivity index (χ0) is 19.3. The molecule has 136 valence electrons. The van der Waals surface area contributed by atoms with Gasteiger partial charge in [0, 0.05) is 17.8 Å². The van der Waals surface area contributed by atoms with Crippen molar-refractivity contribution in [2.24, 2.45) is 0 Å². The van der Waals surface area contributed by atoms with Gasteiger partial charge in [-0.2, -0.15) is 5.26 Å². The predicted octanol–water partition coefficient (Wildman–Crippen LogP) is 4.76. The summed E-state index contributed by atoms with van der Waals surface area (Å²) in [7, 11) is 0. The summed E-state index contributed by atoms with van der Waals surface area (Å²) in [6.45, 7) is 4.04. The zero-order valence-corrected chi connectivity index (χ0v) is 14.3. The third-order valence-corrected chi connectivity index (χ3v) is 3.83. The summed E-state index contributed by atoms with van der Waals surface area (Å²) in [5.74, 6) is -0.800. The van der Waals surface area contributed by atoms with Crippen LogP contribution in [-0.2, 0) is 0 Å². The second kappa shape index (κ2) is 7.91. The molecule has 4 nitrogen and oxygen atoms in total. The molecule has 0 saturated carbocycles. The van der Waals surface area contributed by atoms with Crippen molar-refractivity contribution in [1.82, 2.24) is 0 Å². The lowest BCUT2D eigenvalue weighted by Crippen LogP contribution is -2.32. The highest BCUT2D eigenvalue weighted by atomic mass is 19.4. The summed E-state index contributed by atoms with van der Waals surface area (Å²) in [5.41, 5.74) is 2.89. The molecule has 0 atom stereocenters. The Morgan fingerprint density at radius 1 is 1.12 bits per heavy atom. The summed E-state index contributed by atoms with van der Waals surface area (Å²) >= 11 is 0. The number of carbonyl (C=O) groups is 1. The van der Waals surface area contributed by atoms with Crippen molar-refractivity contribution in [2.45, 2.75) is 26.6 Å². The summed E-state index contributed by atoms with van der Waals surface area (Å²) in [6.07, 6.45) is -4.66. The number of halogens is 3. The number of benzene rings is 2. The average molecular weight is 362 g/mol. The number of aryl methyl sites for hydroxylation is 2. The first-order valence-electron chi connectivity index (χ1n) is 7.83. The van der Waals surface area contributed by atoms with Crippen molar-refractivity contribution in [3.05, 3.63) is 59.2 Å². The van der Waals surface area contributed by atoms with Crippen LogP contribution in [0.2, 0.25) is 0 Å². The number of nitrogens with zero attached hydrogens (tertiary/aromatic N) is 2. The molecular weight excluding hydrogens is 345 g/mol. The Labute approximate surface area is 149 Å². The third-order valence-electron chi connectivity index (χ3n) is 3.83. The van der Waals surface area contributed by atoms with E-state index in [2.05, 4.69) is 4.74 Å². The van der Waals surface area contributed by atoms with Crippen LogP contribution in [0.25, 0.3) is 0 Å². The van der Waals surface area contributed by atoms with Gasteiger partial charge in [0.2, 0.25) is 0 Å². The van der Waals surface area contributed by atoms with Crippen LogP contribution in [0.15, 0.2) is 42.5 Å².